The van der Waals surface area contributed by atoms with E-state index in [1.165, 1.54) is 29.2 Å². The first-order valence-corrected chi connectivity index (χ1v) is 8.64. The van der Waals surface area contributed by atoms with Crippen molar-refractivity contribution in [1.29, 1.82) is 0 Å². The molecular weight excluding hydrogens is 312 g/mol. The Bertz CT molecular complexity index is 962. The van der Waals surface area contributed by atoms with E-state index in [-0.39, 0.29) is 0 Å². The van der Waals surface area contributed by atoms with E-state index in [2.05, 4.69) is 35.0 Å². The van der Waals surface area contributed by atoms with Crippen molar-refractivity contribution in [2.45, 2.75) is 25.7 Å². The number of aryl methyl sites for hydroxylation is 2. The fraction of sp³-hybridized carbons (Fsp3) is 0.333. The summed E-state index contributed by atoms with van der Waals surface area (Å²) in [5.74, 6) is 3.16. The molecule has 3 aromatic rings. The normalized spacial score (nSPS) is 13.9. The van der Waals surface area contributed by atoms with Crippen LogP contribution in [0.3, 0.4) is 0 Å². The summed E-state index contributed by atoms with van der Waals surface area (Å²) in [5.41, 5.74) is 3.55. The van der Waals surface area contributed by atoms with Crippen LogP contribution in [0.5, 0.6) is 11.5 Å². The van der Waals surface area contributed by atoms with Crippen LogP contribution in [-0.4, -0.2) is 19.2 Å². The maximum absolute atomic E-state index is 5.51. The highest BCUT2D eigenvalue weighted by Crippen LogP contribution is 2.46. The van der Waals surface area contributed by atoms with E-state index < -0.39 is 0 Å². The smallest absolute Gasteiger partial charge is 0.330 e. The predicted octanol–water partition coefficient (Wildman–Crippen LogP) is 3.93. The molecule has 1 heterocycles. The van der Waals surface area contributed by atoms with E-state index in [0.717, 1.165) is 28.6 Å². The van der Waals surface area contributed by atoms with Gasteiger partial charge >= 0.3 is 5.82 Å². The predicted molar refractivity (Wildman–Crippen MR) is 98.2 cm³/mol. The average Bonchev–Trinajstić information content (AvgIpc) is 3.46. The third kappa shape index (κ3) is 2.82. The van der Waals surface area contributed by atoms with Gasteiger partial charge in [0.25, 0.3) is 0 Å². The van der Waals surface area contributed by atoms with Gasteiger partial charge in [-0.05, 0) is 64.3 Å². The number of hydrogen-bond donors (Lipinski definition) is 0. The zero-order valence-electron chi connectivity index (χ0n) is 15.2. The topological polar surface area (TPSA) is 35.2 Å². The Morgan fingerprint density at radius 1 is 1.04 bits per heavy atom. The summed E-state index contributed by atoms with van der Waals surface area (Å²) in [7, 11) is 5.40. The molecule has 128 valence electrons. The van der Waals surface area contributed by atoms with Crippen LogP contribution in [0.4, 0.5) is 0 Å². The highest BCUT2D eigenvalue weighted by atomic mass is 16.5. The number of aromatic nitrogens is 2. The molecule has 1 saturated carbocycles. The van der Waals surface area contributed by atoms with Gasteiger partial charge in [0, 0.05) is 13.0 Å². The van der Waals surface area contributed by atoms with Gasteiger partial charge < -0.3 is 9.47 Å². The molecule has 0 atom stereocenters. The summed E-state index contributed by atoms with van der Waals surface area (Å²) in [5, 5.41) is 2.42. The number of rotatable bonds is 4. The molecule has 1 aromatic heterocycles. The molecule has 1 fully saturated rings. The Morgan fingerprint density at radius 3 is 2.44 bits per heavy atom. The Morgan fingerprint density at radius 2 is 1.76 bits per heavy atom. The van der Waals surface area contributed by atoms with Crippen LogP contribution >= 0.6 is 0 Å². The first-order chi connectivity index (χ1) is 12.1. The van der Waals surface area contributed by atoms with E-state index in [1.807, 2.05) is 20.0 Å². The molecule has 0 saturated heterocycles. The molecule has 0 N–H and O–H groups in total. The molecule has 1 aliphatic carbocycles. The van der Waals surface area contributed by atoms with Crippen LogP contribution in [0.2, 0.25) is 0 Å². The third-order valence-corrected chi connectivity index (χ3v) is 4.92. The molecule has 25 heavy (non-hydrogen) atoms. The van der Waals surface area contributed by atoms with Gasteiger partial charge in [-0.25, -0.2) is 4.57 Å². The summed E-state index contributed by atoms with van der Waals surface area (Å²) in [6.45, 7) is 2.03. The molecule has 0 aliphatic heterocycles. The number of methoxy groups -OCH3 is 2. The van der Waals surface area contributed by atoms with Crippen molar-refractivity contribution in [2.75, 3.05) is 14.2 Å². The highest BCUT2D eigenvalue weighted by Gasteiger charge is 2.28. The zero-order valence-corrected chi connectivity index (χ0v) is 15.2. The van der Waals surface area contributed by atoms with E-state index >= 15 is 0 Å². The molecular formula is C21H23N2O2+. The molecule has 0 unspecified atom stereocenters. The minimum Gasteiger partial charge on any atom is -0.493 e. The minimum atomic E-state index is 0.635. The third-order valence-electron chi connectivity index (χ3n) is 4.92. The summed E-state index contributed by atoms with van der Waals surface area (Å²) in [4.78, 5) is 4.75. The minimum absolute atomic E-state index is 0.635. The number of benzene rings is 2. The molecule has 1 aliphatic rings. The molecule has 0 spiro atoms. The van der Waals surface area contributed by atoms with E-state index in [9.17, 15) is 0 Å². The van der Waals surface area contributed by atoms with Crippen LogP contribution < -0.4 is 14.0 Å². The Hall–Kier alpha value is -2.62. The highest BCUT2D eigenvalue weighted by molar-refractivity contribution is 5.92. The lowest BCUT2D eigenvalue weighted by atomic mass is 9.96. The Kier molecular flexibility index (Phi) is 3.83. The Balaban J connectivity index is 1.99. The SMILES string of the molecule is COc1cc2cc(-c3nc(C)cc[n+]3C)cc(C3CC3)c2cc1OC. The maximum atomic E-state index is 5.51. The van der Waals surface area contributed by atoms with E-state index in [1.54, 1.807) is 14.2 Å². The van der Waals surface area contributed by atoms with Gasteiger partial charge in [0.15, 0.2) is 17.2 Å². The van der Waals surface area contributed by atoms with Crippen molar-refractivity contribution in [3.8, 4) is 22.9 Å². The zero-order chi connectivity index (χ0) is 17.6. The van der Waals surface area contributed by atoms with Crippen molar-refractivity contribution >= 4 is 10.8 Å². The van der Waals surface area contributed by atoms with Gasteiger partial charge in [-0.1, -0.05) is 0 Å². The number of nitrogens with zero attached hydrogens (tertiary/aromatic N) is 2. The van der Waals surface area contributed by atoms with E-state index in [0.29, 0.717) is 5.92 Å². The first kappa shape index (κ1) is 15.9. The second kappa shape index (κ2) is 6.03. The summed E-state index contributed by atoms with van der Waals surface area (Å²) in [6, 6.07) is 10.7. The molecule has 4 heteroatoms. The molecule has 4 nitrogen and oxygen atoms in total. The number of fused-ring (bicyclic) bond motifs is 1. The van der Waals surface area contributed by atoms with Gasteiger partial charge in [0.1, 0.15) is 0 Å². The molecule has 2 aromatic carbocycles. The first-order valence-electron chi connectivity index (χ1n) is 8.64. The van der Waals surface area contributed by atoms with E-state index in [4.69, 9.17) is 14.5 Å². The fourth-order valence-electron chi connectivity index (χ4n) is 3.42. The number of ether oxygens (including phenoxy) is 2. The summed E-state index contributed by atoms with van der Waals surface area (Å²) in [6.07, 6.45) is 4.56. The van der Waals surface area contributed by atoms with Crippen molar-refractivity contribution in [3.63, 3.8) is 0 Å². The molecule has 0 bridgehead atoms. The fourth-order valence-corrected chi connectivity index (χ4v) is 3.42. The van der Waals surface area contributed by atoms with Gasteiger partial charge in [-0.2, -0.15) is 0 Å². The van der Waals surface area contributed by atoms with Crippen molar-refractivity contribution in [2.24, 2.45) is 7.05 Å². The lowest BCUT2D eigenvalue weighted by molar-refractivity contribution is -0.663. The maximum Gasteiger partial charge on any atom is 0.330 e. The second-order valence-electron chi connectivity index (χ2n) is 6.77. The largest absolute Gasteiger partial charge is 0.493 e. The van der Waals surface area contributed by atoms with Gasteiger partial charge in [-0.15, -0.1) is 0 Å². The van der Waals surface area contributed by atoms with Crippen LogP contribution in [-0.2, 0) is 7.05 Å². The summed E-state index contributed by atoms with van der Waals surface area (Å²) >= 11 is 0. The van der Waals surface area contributed by atoms with Crippen LogP contribution in [0.1, 0.15) is 30.0 Å². The van der Waals surface area contributed by atoms with Crippen LogP contribution in [0, 0.1) is 6.92 Å². The van der Waals surface area contributed by atoms with Crippen LogP contribution in [0.25, 0.3) is 22.2 Å². The van der Waals surface area contributed by atoms with Gasteiger partial charge in [0.2, 0.25) is 0 Å². The van der Waals surface area contributed by atoms with Crippen molar-refractivity contribution in [1.82, 2.24) is 4.98 Å². The average molecular weight is 335 g/mol. The molecule has 4 rings (SSSR count). The summed E-state index contributed by atoms with van der Waals surface area (Å²) < 4.78 is 13.1. The van der Waals surface area contributed by atoms with Crippen molar-refractivity contribution in [3.05, 3.63) is 47.8 Å². The van der Waals surface area contributed by atoms with Gasteiger partial charge in [0.05, 0.1) is 33.0 Å². The monoisotopic (exact) mass is 335 g/mol. The van der Waals surface area contributed by atoms with Crippen LogP contribution in [0.15, 0.2) is 36.5 Å². The van der Waals surface area contributed by atoms with Gasteiger partial charge in [-0.3, -0.25) is 0 Å². The quantitative estimate of drug-likeness (QED) is 0.678. The lowest BCUT2D eigenvalue weighted by Crippen LogP contribution is -2.31. The second-order valence-corrected chi connectivity index (χ2v) is 6.77. The molecule has 0 radical (unpaired) electrons. The molecule has 0 amide bonds. The number of hydrogen-bond acceptors (Lipinski definition) is 3. The lowest BCUT2D eigenvalue weighted by Gasteiger charge is -2.13. The van der Waals surface area contributed by atoms with Crippen molar-refractivity contribution < 1.29 is 14.0 Å². The Labute approximate surface area is 148 Å². The standard InChI is InChI=1S/C21H23N2O2/c1-13-7-8-23(2)21(22-13)16-9-15-11-19(24-3)20(25-4)12-18(15)17(10-16)14-5-6-14/h7-12,14H,5-6H2,1-4H3/q+1.